The van der Waals surface area contributed by atoms with Crippen LogP contribution >= 0.6 is 0 Å². The number of hydrogen-bond donors (Lipinski definition) is 7. The number of ketones is 1. The maximum absolute atomic E-state index is 12.2. The Kier molecular flexibility index (Phi) is 13.2. The van der Waals surface area contributed by atoms with Gasteiger partial charge in [-0.1, -0.05) is 34.1 Å². The average Bonchev–Trinajstić information content (AvgIpc) is 2.59. The first kappa shape index (κ1) is 25.4. The fraction of sp³-hybridized carbons (Fsp3) is 0.944. The summed E-state index contributed by atoms with van der Waals surface area (Å²) in [5.74, 6) is 0.198. The van der Waals surface area contributed by atoms with E-state index >= 15 is 0 Å². The maximum atomic E-state index is 12.2. The van der Waals surface area contributed by atoms with E-state index in [0.29, 0.717) is 6.54 Å². The largest absolute Gasteiger partial charge is 0.394 e. The molecule has 0 rings (SSSR count). The highest BCUT2D eigenvalue weighted by molar-refractivity contribution is 5.85. The quantitative estimate of drug-likeness (QED) is 0.176. The van der Waals surface area contributed by atoms with Gasteiger partial charge in [-0.3, -0.25) is 4.79 Å². The number of rotatable bonds is 15. The molecule has 0 aliphatic carbocycles. The molecular formula is C18H38N2O6. The van der Waals surface area contributed by atoms with E-state index in [-0.39, 0.29) is 30.3 Å². The van der Waals surface area contributed by atoms with Gasteiger partial charge in [0, 0.05) is 18.5 Å². The minimum atomic E-state index is -1.61. The number of carbonyl (C=O) groups excluding carboxylic acids is 1. The minimum Gasteiger partial charge on any atom is -0.394 e. The van der Waals surface area contributed by atoms with Crippen LogP contribution in [0.2, 0.25) is 0 Å². The van der Waals surface area contributed by atoms with Crippen molar-refractivity contribution in [2.24, 2.45) is 5.92 Å². The van der Waals surface area contributed by atoms with Crippen LogP contribution in [0.15, 0.2) is 0 Å². The van der Waals surface area contributed by atoms with Crippen LogP contribution in [0.1, 0.15) is 47.0 Å². The van der Waals surface area contributed by atoms with Crippen molar-refractivity contribution in [3.8, 4) is 0 Å². The van der Waals surface area contributed by atoms with Gasteiger partial charge in [0.05, 0.1) is 18.8 Å². The molecule has 0 fully saturated rings. The topological polar surface area (TPSA) is 142 Å². The third-order valence-electron chi connectivity index (χ3n) is 4.22. The molecule has 156 valence electrons. The molecule has 7 N–H and O–H groups in total. The summed E-state index contributed by atoms with van der Waals surface area (Å²) in [6, 6.07) is 0.0793. The smallest absolute Gasteiger partial charge is 0.152 e. The van der Waals surface area contributed by atoms with Gasteiger partial charge in [0.1, 0.15) is 18.3 Å². The standard InChI is InChI=1S/C18H38N2O6/c1-11(2)16(24)13(20-12(3)4)7-5-6-8-19-9-14(22)17(25)18(26)15(23)10-21/h11-15,17-23,25-26H,5-10H2,1-4H3/t13-,14?,15?,17?,18?/m0/s1. The zero-order valence-electron chi connectivity index (χ0n) is 16.4. The van der Waals surface area contributed by atoms with Gasteiger partial charge in [0.2, 0.25) is 0 Å². The number of aliphatic hydroxyl groups excluding tert-OH is 5. The second-order valence-electron chi connectivity index (χ2n) is 7.43. The lowest BCUT2D eigenvalue weighted by Crippen LogP contribution is -2.49. The summed E-state index contributed by atoms with van der Waals surface area (Å²) in [4.78, 5) is 12.2. The highest BCUT2D eigenvalue weighted by Crippen LogP contribution is 2.09. The number of Topliss-reactive ketones (excluding diaryl/α,β-unsaturated/α-hetero) is 1. The molecular weight excluding hydrogens is 340 g/mol. The van der Waals surface area contributed by atoms with E-state index in [2.05, 4.69) is 10.6 Å². The van der Waals surface area contributed by atoms with Crippen molar-refractivity contribution in [2.75, 3.05) is 19.7 Å². The predicted molar refractivity (Wildman–Crippen MR) is 99.7 cm³/mol. The molecule has 8 nitrogen and oxygen atoms in total. The van der Waals surface area contributed by atoms with Crippen LogP contribution in [-0.2, 0) is 4.79 Å². The molecule has 0 amide bonds. The molecule has 0 aliphatic heterocycles. The van der Waals surface area contributed by atoms with Crippen LogP contribution < -0.4 is 10.6 Å². The number of unbranched alkanes of at least 4 members (excludes halogenated alkanes) is 1. The van der Waals surface area contributed by atoms with Crippen LogP contribution in [0.3, 0.4) is 0 Å². The summed E-state index contributed by atoms with van der Waals surface area (Å²) in [5.41, 5.74) is 0. The molecule has 4 unspecified atom stereocenters. The van der Waals surface area contributed by atoms with E-state index in [1.807, 2.05) is 27.7 Å². The second kappa shape index (κ2) is 13.5. The summed E-state index contributed by atoms with van der Waals surface area (Å²) in [5, 5.41) is 53.3. The lowest BCUT2D eigenvalue weighted by molar-refractivity contribution is -0.124. The Morgan fingerprint density at radius 3 is 2.00 bits per heavy atom. The summed E-state index contributed by atoms with van der Waals surface area (Å²) in [6.45, 7) is 7.76. The van der Waals surface area contributed by atoms with Gasteiger partial charge >= 0.3 is 0 Å². The third-order valence-corrected chi connectivity index (χ3v) is 4.22. The van der Waals surface area contributed by atoms with Gasteiger partial charge < -0.3 is 36.2 Å². The van der Waals surface area contributed by atoms with E-state index < -0.39 is 31.0 Å². The highest BCUT2D eigenvalue weighted by atomic mass is 16.4. The van der Waals surface area contributed by atoms with E-state index in [9.17, 15) is 25.2 Å². The van der Waals surface area contributed by atoms with Crippen molar-refractivity contribution >= 4 is 5.78 Å². The van der Waals surface area contributed by atoms with Crippen LogP contribution in [0.25, 0.3) is 0 Å². The molecule has 8 heteroatoms. The van der Waals surface area contributed by atoms with Crippen LogP contribution in [-0.4, -0.2) is 87.5 Å². The molecule has 26 heavy (non-hydrogen) atoms. The molecule has 0 bridgehead atoms. The Morgan fingerprint density at radius 2 is 1.50 bits per heavy atom. The Labute approximate surface area is 156 Å². The Balaban J connectivity index is 4.08. The van der Waals surface area contributed by atoms with Gasteiger partial charge in [-0.25, -0.2) is 0 Å². The third kappa shape index (κ3) is 9.91. The minimum absolute atomic E-state index is 0.0123. The normalized spacial score (nSPS) is 18.0. The Bertz CT molecular complexity index is 381. The van der Waals surface area contributed by atoms with Crippen molar-refractivity contribution in [3.63, 3.8) is 0 Å². The van der Waals surface area contributed by atoms with E-state index in [0.717, 1.165) is 19.3 Å². The van der Waals surface area contributed by atoms with Gasteiger partial charge in [-0.15, -0.1) is 0 Å². The predicted octanol–water partition coefficient (Wildman–Crippen LogP) is -1.23. The van der Waals surface area contributed by atoms with Crippen molar-refractivity contribution in [3.05, 3.63) is 0 Å². The SMILES string of the molecule is CC(C)N[C@@H](CCCCNCC(O)C(O)C(O)C(O)CO)C(=O)C(C)C. The summed E-state index contributed by atoms with van der Waals surface area (Å²) in [6.07, 6.45) is -3.54. The van der Waals surface area contributed by atoms with Crippen LogP contribution in [0.4, 0.5) is 0 Å². The lowest BCUT2D eigenvalue weighted by Gasteiger charge is -2.25. The first-order chi connectivity index (χ1) is 12.1. The molecule has 0 spiro atoms. The van der Waals surface area contributed by atoms with Gasteiger partial charge in [0.15, 0.2) is 5.78 Å². The first-order valence-corrected chi connectivity index (χ1v) is 9.45. The Hall–Kier alpha value is -0.610. The van der Waals surface area contributed by atoms with Crippen LogP contribution in [0.5, 0.6) is 0 Å². The molecule has 0 aliphatic rings. The number of carbonyl (C=O) groups is 1. The Morgan fingerprint density at radius 1 is 0.923 bits per heavy atom. The molecule has 0 aromatic rings. The number of hydrogen-bond acceptors (Lipinski definition) is 8. The fourth-order valence-electron chi connectivity index (χ4n) is 2.64. The molecule has 0 aromatic heterocycles. The van der Waals surface area contributed by atoms with E-state index in [4.69, 9.17) is 5.11 Å². The number of aliphatic hydroxyl groups is 5. The molecule has 5 atom stereocenters. The lowest BCUT2D eigenvalue weighted by atomic mass is 9.96. The van der Waals surface area contributed by atoms with Crippen molar-refractivity contribution in [1.82, 2.24) is 10.6 Å². The van der Waals surface area contributed by atoms with Crippen molar-refractivity contribution in [2.45, 2.75) is 83.5 Å². The zero-order chi connectivity index (χ0) is 20.3. The van der Waals surface area contributed by atoms with Crippen molar-refractivity contribution < 1.29 is 30.3 Å². The van der Waals surface area contributed by atoms with Gasteiger partial charge in [-0.2, -0.15) is 0 Å². The van der Waals surface area contributed by atoms with Gasteiger partial charge in [-0.05, 0) is 19.4 Å². The molecule has 0 aromatic carbocycles. The molecule has 0 heterocycles. The zero-order valence-corrected chi connectivity index (χ0v) is 16.4. The number of nitrogens with one attached hydrogen (secondary N) is 2. The average molecular weight is 379 g/mol. The van der Waals surface area contributed by atoms with Crippen molar-refractivity contribution in [1.29, 1.82) is 0 Å². The monoisotopic (exact) mass is 378 g/mol. The molecule has 0 saturated carbocycles. The fourth-order valence-corrected chi connectivity index (χ4v) is 2.64. The summed E-state index contributed by atoms with van der Waals surface area (Å²) in [7, 11) is 0. The molecule has 0 saturated heterocycles. The molecule has 0 radical (unpaired) electrons. The first-order valence-electron chi connectivity index (χ1n) is 9.45. The van der Waals surface area contributed by atoms with Crippen LogP contribution in [0, 0.1) is 5.92 Å². The highest BCUT2D eigenvalue weighted by Gasteiger charge is 2.29. The summed E-state index contributed by atoms with van der Waals surface area (Å²) >= 11 is 0. The second-order valence-corrected chi connectivity index (χ2v) is 7.43. The van der Waals surface area contributed by atoms with E-state index in [1.54, 1.807) is 0 Å². The van der Waals surface area contributed by atoms with E-state index in [1.165, 1.54) is 0 Å². The van der Waals surface area contributed by atoms with Gasteiger partial charge in [0.25, 0.3) is 0 Å². The maximum Gasteiger partial charge on any atom is 0.152 e. The summed E-state index contributed by atoms with van der Waals surface area (Å²) < 4.78 is 0.